The number of carbonyl (C=O) groups is 2. The maximum absolute atomic E-state index is 11.5. The lowest BCUT2D eigenvalue weighted by Crippen LogP contribution is -2.49. The van der Waals surface area contributed by atoms with E-state index in [0.29, 0.717) is 13.0 Å². The zero-order valence-corrected chi connectivity index (χ0v) is 9.80. The molecular weight excluding hydrogens is 236 g/mol. The number of nitrogens with zero attached hydrogens (tertiary/aromatic N) is 1. The third kappa shape index (κ3) is 4.40. The quantitative estimate of drug-likeness (QED) is 0.257. The first kappa shape index (κ1) is 13.9. The van der Waals surface area contributed by atoms with E-state index in [1.165, 1.54) is 0 Å². The molecule has 0 bridgehead atoms. The lowest BCUT2D eigenvalue weighted by Gasteiger charge is -2.19. The average molecular weight is 252 g/mol. The molecule has 0 aromatic heterocycles. The summed E-state index contributed by atoms with van der Waals surface area (Å²) in [6.07, 6.45) is 0.582. The Morgan fingerprint density at radius 2 is 1.94 bits per heavy atom. The Bertz CT molecular complexity index is 397. The van der Waals surface area contributed by atoms with E-state index in [2.05, 4.69) is 0 Å². The molecular formula is C11H16N4O3. The van der Waals surface area contributed by atoms with Gasteiger partial charge in [-0.2, -0.15) is 0 Å². The number of hydrogen-bond donors (Lipinski definition) is 4. The number of aliphatic hydroxyl groups is 1. The Morgan fingerprint density at radius 3 is 2.50 bits per heavy atom. The lowest BCUT2D eigenvalue weighted by molar-refractivity contribution is 0.124. The van der Waals surface area contributed by atoms with Crippen LogP contribution in [0.4, 0.5) is 9.59 Å². The molecule has 0 aliphatic carbocycles. The van der Waals surface area contributed by atoms with Crippen LogP contribution in [0.15, 0.2) is 30.3 Å². The molecule has 5 N–H and O–H groups in total. The van der Waals surface area contributed by atoms with Crippen molar-refractivity contribution in [1.82, 2.24) is 15.6 Å². The number of benzene rings is 1. The van der Waals surface area contributed by atoms with Crippen molar-refractivity contribution in [3.8, 4) is 0 Å². The summed E-state index contributed by atoms with van der Waals surface area (Å²) >= 11 is 0. The van der Waals surface area contributed by atoms with Gasteiger partial charge in [0.15, 0.2) is 0 Å². The molecule has 18 heavy (non-hydrogen) atoms. The van der Waals surface area contributed by atoms with Crippen molar-refractivity contribution in [3.63, 3.8) is 0 Å². The van der Waals surface area contributed by atoms with E-state index < -0.39 is 18.8 Å². The second-order valence-electron chi connectivity index (χ2n) is 3.54. The van der Waals surface area contributed by atoms with Crippen LogP contribution in [0, 0.1) is 0 Å². The minimum atomic E-state index is -0.821. The summed E-state index contributed by atoms with van der Waals surface area (Å²) in [5.74, 6) is 4.83. The fourth-order valence-corrected chi connectivity index (χ4v) is 1.36. The minimum Gasteiger partial charge on any atom is -0.376 e. The van der Waals surface area contributed by atoms with Crippen LogP contribution in [0.25, 0.3) is 0 Å². The summed E-state index contributed by atoms with van der Waals surface area (Å²) in [5.41, 5.74) is 2.80. The van der Waals surface area contributed by atoms with Gasteiger partial charge in [-0.3, -0.25) is 10.7 Å². The summed E-state index contributed by atoms with van der Waals surface area (Å²) in [7, 11) is 0. The van der Waals surface area contributed by atoms with Crippen molar-refractivity contribution in [2.24, 2.45) is 5.84 Å². The van der Waals surface area contributed by atoms with Crippen LogP contribution in [0.3, 0.4) is 0 Å². The summed E-state index contributed by atoms with van der Waals surface area (Å²) in [6.45, 7) is -0.180. The van der Waals surface area contributed by atoms with Crippen LogP contribution in [-0.4, -0.2) is 35.3 Å². The molecule has 0 spiro atoms. The van der Waals surface area contributed by atoms with Gasteiger partial charge in [-0.1, -0.05) is 30.3 Å². The van der Waals surface area contributed by atoms with Crippen LogP contribution in [0.2, 0.25) is 0 Å². The fraction of sp³-hybridized carbons (Fsp3) is 0.273. The normalized spacial score (nSPS) is 9.67. The van der Waals surface area contributed by atoms with Crippen molar-refractivity contribution >= 4 is 12.1 Å². The molecule has 0 unspecified atom stereocenters. The van der Waals surface area contributed by atoms with E-state index in [4.69, 9.17) is 10.9 Å². The zero-order valence-electron chi connectivity index (χ0n) is 9.80. The molecule has 0 saturated carbocycles. The topological polar surface area (TPSA) is 108 Å². The number of hydrazine groups is 1. The van der Waals surface area contributed by atoms with E-state index in [0.717, 1.165) is 10.5 Å². The maximum atomic E-state index is 11.5. The molecule has 98 valence electrons. The van der Waals surface area contributed by atoms with E-state index in [-0.39, 0.29) is 0 Å². The van der Waals surface area contributed by atoms with Gasteiger partial charge in [0, 0.05) is 6.54 Å². The Kier molecular flexibility index (Phi) is 5.62. The number of hydrogen-bond acceptors (Lipinski definition) is 4. The first-order chi connectivity index (χ1) is 8.67. The Labute approximate surface area is 105 Å². The van der Waals surface area contributed by atoms with Crippen LogP contribution < -0.4 is 16.6 Å². The first-order valence-electron chi connectivity index (χ1n) is 5.38. The smallest absolute Gasteiger partial charge is 0.337 e. The van der Waals surface area contributed by atoms with Crippen molar-refractivity contribution in [2.75, 3.05) is 13.3 Å². The van der Waals surface area contributed by atoms with Gasteiger partial charge in [0.05, 0.1) is 0 Å². The van der Waals surface area contributed by atoms with E-state index in [1.54, 1.807) is 5.43 Å². The highest BCUT2D eigenvalue weighted by Crippen LogP contribution is 2.01. The van der Waals surface area contributed by atoms with E-state index in [9.17, 15) is 9.59 Å². The van der Waals surface area contributed by atoms with Gasteiger partial charge in [0.25, 0.3) is 0 Å². The van der Waals surface area contributed by atoms with Gasteiger partial charge in [0.2, 0.25) is 0 Å². The van der Waals surface area contributed by atoms with Gasteiger partial charge in [-0.25, -0.2) is 15.4 Å². The van der Waals surface area contributed by atoms with Crippen LogP contribution >= 0.6 is 0 Å². The summed E-state index contributed by atoms with van der Waals surface area (Å²) in [6, 6.07) is 7.99. The van der Waals surface area contributed by atoms with Crippen molar-refractivity contribution in [2.45, 2.75) is 6.42 Å². The van der Waals surface area contributed by atoms with Crippen LogP contribution in [0.5, 0.6) is 0 Å². The average Bonchev–Trinajstić information content (AvgIpc) is 2.40. The van der Waals surface area contributed by atoms with Gasteiger partial charge >= 0.3 is 12.1 Å². The molecule has 0 atom stereocenters. The highest BCUT2D eigenvalue weighted by Gasteiger charge is 2.14. The zero-order chi connectivity index (χ0) is 13.4. The fourth-order valence-electron chi connectivity index (χ4n) is 1.36. The standard InChI is InChI=1S/C11H16N4O3/c12-14-10(17)13-11(18)15(8-16)7-6-9-4-2-1-3-5-9/h1-5,16H,6-8,12H2,(H2,13,14,17,18). The molecule has 0 aliphatic rings. The highest BCUT2D eigenvalue weighted by molar-refractivity contribution is 5.93. The second-order valence-corrected chi connectivity index (χ2v) is 3.54. The number of urea groups is 2. The monoisotopic (exact) mass is 252 g/mol. The number of nitrogens with one attached hydrogen (secondary N) is 2. The number of amides is 4. The lowest BCUT2D eigenvalue weighted by atomic mass is 10.1. The molecule has 0 heterocycles. The third-order valence-electron chi connectivity index (χ3n) is 2.32. The Hall–Kier alpha value is -2.12. The van der Waals surface area contributed by atoms with E-state index in [1.807, 2.05) is 35.6 Å². The molecule has 0 aliphatic heterocycles. The van der Waals surface area contributed by atoms with Crippen molar-refractivity contribution in [1.29, 1.82) is 0 Å². The first-order valence-corrected chi connectivity index (χ1v) is 5.38. The van der Waals surface area contributed by atoms with Gasteiger partial charge in [-0.15, -0.1) is 0 Å². The molecule has 1 aromatic rings. The predicted octanol–water partition coefficient (Wildman–Crippen LogP) is -0.226. The summed E-state index contributed by atoms with van der Waals surface area (Å²) in [4.78, 5) is 23.4. The summed E-state index contributed by atoms with van der Waals surface area (Å²) < 4.78 is 0. The Morgan fingerprint density at radius 1 is 1.28 bits per heavy atom. The number of imide groups is 1. The van der Waals surface area contributed by atoms with Crippen molar-refractivity contribution < 1.29 is 14.7 Å². The number of rotatable bonds is 4. The largest absolute Gasteiger partial charge is 0.376 e. The summed E-state index contributed by atoms with van der Waals surface area (Å²) in [5, 5.41) is 11.0. The molecule has 0 radical (unpaired) electrons. The highest BCUT2D eigenvalue weighted by atomic mass is 16.3. The van der Waals surface area contributed by atoms with Gasteiger partial charge < -0.3 is 10.0 Å². The second kappa shape index (κ2) is 7.25. The van der Waals surface area contributed by atoms with Gasteiger partial charge in [-0.05, 0) is 12.0 Å². The number of nitrogens with two attached hydrogens (primary N) is 1. The molecule has 0 fully saturated rings. The van der Waals surface area contributed by atoms with Crippen molar-refractivity contribution in [3.05, 3.63) is 35.9 Å². The van der Waals surface area contributed by atoms with E-state index >= 15 is 0 Å². The predicted molar refractivity (Wildman–Crippen MR) is 65.2 cm³/mol. The number of carbonyl (C=O) groups excluding carboxylic acids is 2. The minimum absolute atomic E-state index is 0.296. The molecule has 1 aromatic carbocycles. The third-order valence-corrected chi connectivity index (χ3v) is 2.32. The molecule has 0 saturated heterocycles. The SMILES string of the molecule is NNC(=O)NC(=O)N(CO)CCc1ccccc1. The maximum Gasteiger partial charge on any atom is 0.337 e. The molecule has 7 nitrogen and oxygen atoms in total. The Balaban J connectivity index is 2.47. The van der Waals surface area contributed by atoms with Crippen LogP contribution in [-0.2, 0) is 6.42 Å². The van der Waals surface area contributed by atoms with Crippen LogP contribution in [0.1, 0.15) is 5.56 Å². The van der Waals surface area contributed by atoms with Gasteiger partial charge in [0.1, 0.15) is 6.73 Å². The molecule has 4 amide bonds. The molecule has 1 rings (SSSR count). The molecule has 7 heteroatoms. The number of aliphatic hydroxyl groups excluding tert-OH is 1.